The van der Waals surface area contributed by atoms with E-state index in [2.05, 4.69) is 0 Å². The summed E-state index contributed by atoms with van der Waals surface area (Å²) in [5, 5.41) is 75.8. The maximum atomic E-state index is 8.42. The second-order valence-corrected chi connectivity index (χ2v) is 0.866. The zero-order valence-corrected chi connectivity index (χ0v) is 31.5. The molecule has 0 saturated carbocycles. The van der Waals surface area contributed by atoms with Crippen molar-refractivity contribution in [1.82, 2.24) is 0 Å². The zero-order chi connectivity index (χ0) is 10.7. The first kappa shape index (κ1) is 56.2. The molecule has 0 spiro atoms. The third kappa shape index (κ3) is 208. The normalized spacial score (nSPS) is 4.50. The van der Waals surface area contributed by atoms with Gasteiger partial charge in [0.1, 0.15) is 0 Å². The molecule has 0 saturated heterocycles. The van der Waals surface area contributed by atoms with Crippen molar-refractivity contribution in [3.8, 4) is 0 Å². The molecule has 80 valence electrons. The van der Waals surface area contributed by atoms with Crippen LogP contribution in [0.4, 0.5) is 0 Å². The van der Waals surface area contributed by atoms with Crippen LogP contribution < -0.4 is 49.9 Å². The topological polar surface area (TPSA) is 208 Å². The van der Waals surface area contributed by atoms with Gasteiger partial charge in [-0.15, -0.1) is 0 Å². The summed E-state index contributed by atoms with van der Waals surface area (Å²) in [6.45, 7) is 0. The van der Waals surface area contributed by atoms with Gasteiger partial charge in [0.15, 0.2) is 0 Å². The molecule has 0 unspecified atom stereocenters. The van der Waals surface area contributed by atoms with Crippen molar-refractivity contribution in [1.29, 1.82) is 0 Å². The Labute approximate surface area is 306 Å². The Kier molecular flexibility index (Phi) is 155. The maximum Gasteiger partial charge on any atom is 2.00 e. The molecule has 0 aliphatic heterocycles. The fraction of sp³-hybridized carbons (Fsp3) is 0. The van der Waals surface area contributed by atoms with E-state index < -0.39 is 22.0 Å². The molecule has 0 rings (SSSR count). The summed E-state index contributed by atoms with van der Waals surface area (Å²) in [7, 11) is -8.75. The fourth-order valence-corrected chi connectivity index (χ4v) is 0. The van der Waals surface area contributed by atoms with Gasteiger partial charge in [-0.25, -0.2) is 0 Å². The number of halogens is 1. The molecule has 0 amide bonds. The van der Waals surface area contributed by atoms with E-state index in [-0.39, 0.29) is 249 Å². The summed E-state index contributed by atoms with van der Waals surface area (Å²) in [6, 6.07) is 0. The molecular weight excluding hydrogens is 882 g/mol. The predicted octanol–water partition coefficient (Wildman–Crippen LogP) is -16.7. The largest absolute Gasteiger partial charge is 2.00 e. The first-order chi connectivity index (χ1) is 5.20. The Balaban J connectivity index is -0.00000000827. The smallest absolute Gasteiger partial charge is 1.00 e. The molecule has 0 aromatic carbocycles. The van der Waals surface area contributed by atoms with Gasteiger partial charge in [0.2, 0.25) is 0 Å². The third-order valence-corrected chi connectivity index (χ3v) is 0. The van der Waals surface area contributed by atoms with Crippen LogP contribution in [0, 0.1) is 0 Å². The van der Waals surface area contributed by atoms with Gasteiger partial charge >= 0.3 is 244 Å². The number of hydrogen-bond donors (Lipinski definition) is 0. The van der Waals surface area contributed by atoms with Crippen LogP contribution in [0.15, 0.2) is 0 Å². The van der Waals surface area contributed by atoms with Crippen LogP contribution >= 0.6 is 0 Å². The molecule has 0 N–H and O–H groups in total. The predicted molar refractivity (Wildman–Crippen MR) is 46.0 cm³/mol. The van der Waals surface area contributed by atoms with Crippen molar-refractivity contribution in [2.75, 3.05) is 0 Å². The summed E-state index contributed by atoms with van der Waals surface area (Å²) in [6.07, 6.45) is 0. The fourth-order valence-electron chi connectivity index (χ4n) is 0. The van der Waals surface area contributed by atoms with Crippen molar-refractivity contribution in [3.63, 3.8) is 0 Å². The van der Waals surface area contributed by atoms with Gasteiger partial charge in [-0.3, -0.25) is 22.0 Å². The third-order valence-electron chi connectivity index (χ3n) is 0. The first-order valence-corrected chi connectivity index (χ1v) is 2.12. The summed E-state index contributed by atoms with van der Waals surface area (Å²) < 4.78 is 0. The Hall–Kier alpha value is 7.62. The summed E-state index contributed by atoms with van der Waals surface area (Å²) >= 11 is 0. The van der Waals surface area contributed by atoms with Crippen molar-refractivity contribution in [3.05, 3.63) is 0 Å². The summed E-state index contributed by atoms with van der Waals surface area (Å²) in [4.78, 5) is 0. The molecule has 0 fully saturated rings. The monoisotopic (exact) mass is 886 g/mol. The van der Waals surface area contributed by atoms with Gasteiger partial charge < -0.3 is 49.9 Å². The Bertz CT molecular complexity index is 58.7. The average molecular weight is 882 g/mol. The molecule has 9 nitrogen and oxygen atoms in total. The van der Waals surface area contributed by atoms with Crippen molar-refractivity contribution >= 4 is 266 Å². The summed E-state index contributed by atoms with van der Waals surface area (Å²) in [5.41, 5.74) is 0. The maximum absolute atomic E-state index is 8.42. The van der Waals surface area contributed by atoms with Crippen LogP contribution in [0.25, 0.3) is 0 Å². The molecule has 18 heteroatoms. The second-order valence-electron chi connectivity index (χ2n) is 0.866. The Morgan fingerprint density at radius 2 is 0.333 bits per heavy atom. The SMILES string of the molecule is [Ba+2].[Ba+2].[Ba+2].[Ba+2].[Ba+2].[F-].[O-]B([O-])[O-].[O-]B([O-])[O-].[O-]B([O-])[O-]. The molecule has 18 heavy (non-hydrogen) atoms. The van der Waals surface area contributed by atoms with Crippen LogP contribution in [0.3, 0.4) is 0 Å². The molecule has 0 atom stereocenters. The van der Waals surface area contributed by atoms with Crippen LogP contribution in [-0.2, 0) is 0 Å². The van der Waals surface area contributed by atoms with E-state index in [1.54, 1.807) is 0 Å². The molecule has 0 heterocycles. The van der Waals surface area contributed by atoms with E-state index >= 15 is 0 Å². The molecular formula is B3Ba5FO9. The van der Waals surface area contributed by atoms with Gasteiger partial charge in [0.25, 0.3) is 0 Å². The van der Waals surface area contributed by atoms with Gasteiger partial charge in [-0.05, 0) is 0 Å². The van der Waals surface area contributed by atoms with Gasteiger partial charge in [-0.1, -0.05) is 0 Å². The Morgan fingerprint density at radius 1 is 0.333 bits per heavy atom. The minimum atomic E-state index is -2.92. The van der Waals surface area contributed by atoms with E-state index in [9.17, 15) is 0 Å². The van der Waals surface area contributed by atoms with Crippen molar-refractivity contribution in [2.45, 2.75) is 0 Å². The van der Waals surface area contributed by atoms with E-state index in [1.807, 2.05) is 0 Å². The zero-order valence-electron chi connectivity index (χ0n) is 9.32. The minimum Gasteiger partial charge on any atom is -1.00 e. The molecule has 0 radical (unpaired) electrons. The van der Waals surface area contributed by atoms with Crippen LogP contribution in [-0.4, -0.2) is 266 Å². The van der Waals surface area contributed by atoms with Crippen LogP contribution in [0.5, 0.6) is 0 Å². The molecule has 0 bridgehead atoms. The van der Waals surface area contributed by atoms with Crippen molar-refractivity contribution < 1.29 is 49.9 Å². The standard InChI is InChI=1S/3BO3.5Ba.FH/c3*2-1(3)4;;;;;;/h;;;;;;;;1H/q3*-3;5*+2;/p-1. The second kappa shape index (κ2) is 49.7. The van der Waals surface area contributed by atoms with Gasteiger partial charge in [0, 0.05) is 0 Å². The number of hydrogen-bond acceptors (Lipinski definition) is 9. The van der Waals surface area contributed by atoms with E-state index in [0.29, 0.717) is 0 Å². The first-order valence-electron chi connectivity index (χ1n) is 2.12. The average Bonchev–Trinajstić information content (AvgIpc) is 1.54. The van der Waals surface area contributed by atoms with E-state index in [4.69, 9.17) is 45.2 Å². The van der Waals surface area contributed by atoms with Crippen LogP contribution in [0.1, 0.15) is 0 Å². The van der Waals surface area contributed by atoms with Crippen LogP contribution in [0.2, 0.25) is 0 Å². The van der Waals surface area contributed by atoms with E-state index in [0.717, 1.165) is 0 Å². The molecule has 0 aromatic heterocycles. The Morgan fingerprint density at radius 3 is 0.333 bits per heavy atom. The molecule has 0 aliphatic carbocycles. The van der Waals surface area contributed by atoms with E-state index in [1.165, 1.54) is 0 Å². The molecule has 0 aromatic rings. The van der Waals surface area contributed by atoms with Gasteiger partial charge in [-0.2, -0.15) is 0 Å². The van der Waals surface area contributed by atoms with Crippen molar-refractivity contribution in [2.24, 2.45) is 0 Å². The molecule has 0 aliphatic rings. The number of rotatable bonds is 0. The van der Waals surface area contributed by atoms with Gasteiger partial charge in [0.05, 0.1) is 0 Å². The summed E-state index contributed by atoms with van der Waals surface area (Å²) in [5.74, 6) is 0. The minimum absolute atomic E-state index is 0. The quantitative estimate of drug-likeness (QED) is 0.212.